The SMILES string of the molecule is CCN(CC)Cc1cc(-c2ccoc2)c2c(c1O)C(=O)C1=C(O)[C@]3(O)C(=O)C(C(N)=O)C(O)[C@@H](N(C)C)[C@@H]3C[C@@H]1C2. The number of likely N-dealkylation sites (N-methyl/N-ethyl adjacent to an activating group) is 1. The summed E-state index contributed by atoms with van der Waals surface area (Å²) in [5.74, 6) is -7.48. The Labute approximate surface area is 237 Å². The van der Waals surface area contributed by atoms with Gasteiger partial charge in [-0.2, -0.15) is 0 Å². The zero-order valence-corrected chi connectivity index (χ0v) is 23.6. The van der Waals surface area contributed by atoms with E-state index in [0.29, 0.717) is 36.3 Å². The Hall–Kier alpha value is -3.51. The second-order valence-corrected chi connectivity index (χ2v) is 11.5. The van der Waals surface area contributed by atoms with Crippen molar-refractivity contribution in [3.63, 3.8) is 0 Å². The number of phenolic OH excluding ortho intramolecular Hbond substituents is 1. The molecule has 1 saturated carbocycles. The minimum atomic E-state index is -2.62. The van der Waals surface area contributed by atoms with Crippen LogP contribution in [0.5, 0.6) is 5.75 Å². The topological polar surface area (TPSA) is 178 Å². The van der Waals surface area contributed by atoms with Gasteiger partial charge in [0.1, 0.15) is 17.4 Å². The molecule has 5 rings (SSSR count). The predicted molar refractivity (Wildman–Crippen MR) is 148 cm³/mol. The molecule has 1 amide bonds. The van der Waals surface area contributed by atoms with E-state index in [0.717, 1.165) is 5.56 Å². The number of hydrogen-bond donors (Lipinski definition) is 5. The summed E-state index contributed by atoms with van der Waals surface area (Å²) >= 11 is 0. The van der Waals surface area contributed by atoms with Gasteiger partial charge in [0.25, 0.3) is 0 Å². The van der Waals surface area contributed by atoms with E-state index in [9.17, 15) is 34.8 Å². The van der Waals surface area contributed by atoms with Gasteiger partial charge >= 0.3 is 0 Å². The molecule has 3 aliphatic carbocycles. The van der Waals surface area contributed by atoms with E-state index in [1.165, 1.54) is 6.26 Å². The number of ketones is 2. The maximum Gasteiger partial charge on any atom is 0.230 e. The highest BCUT2D eigenvalue weighted by atomic mass is 16.4. The van der Waals surface area contributed by atoms with Gasteiger partial charge in [-0.05, 0) is 69.2 Å². The summed E-state index contributed by atoms with van der Waals surface area (Å²) in [6.07, 6.45) is 1.84. The van der Waals surface area contributed by atoms with Crippen molar-refractivity contribution in [2.24, 2.45) is 23.5 Å². The number of amides is 1. The fourth-order valence-electron chi connectivity index (χ4n) is 7.21. The molecule has 11 heteroatoms. The summed E-state index contributed by atoms with van der Waals surface area (Å²) in [6.45, 7) is 5.78. The molecule has 6 atom stereocenters. The smallest absolute Gasteiger partial charge is 0.230 e. The van der Waals surface area contributed by atoms with Crippen molar-refractivity contribution in [1.29, 1.82) is 0 Å². The molecule has 1 heterocycles. The minimum Gasteiger partial charge on any atom is -0.508 e. The number of primary amides is 1. The first-order chi connectivity index (χ1) is 19.4. The van der Waals surface area contributed by atoms with E-state index in [4.69, 9.17) is 10.2 Å². The van der Waals surface area contributed by atoms with E-state index >= 15 is 0 Å². The van der Waals surface area contributed by atoms with Crippen LogP contribution in [0.3, 0.4) is 0 Å². The average molecular weight is 568 g/mol. The summed E-state index contributed by atoms with van der Waals surface area (Å²) in [5.41, 5.74) is 5.19. The van der Waals surface area contributed by atoms with Gasteiger partial charge in [0.15, 0.2) is 17.2 Å². The number of carbonyl (C=O) groups excluding carboxylic acids is 3. The zero-order valence-electron chi connectivity index (χ0n) is 23.6. The normalized spacial score (nSPS) is 29.5. The molecule has 6 N–H and O–H groups in total. The molecular formula is C30H37N3O8. The number of aromatic hydroxyl groups is 1. The van der Waals surface area contributed by atoms with Gasteiger partial charge < -0.3 is 35.5 Å². The first kappa shape index (κ1) is 29.0. The van der Waals surface area contributed by atoms with Crippen molar-refractivity contribution in [2.75, 3.05) is 27.2 Å². The van der Waals surface area contributed by atoms with Crippen molar-refractivity contribution in [1.82, 2.24) is 9.80 Å². The number of Topliss-reactive ketones (excluding diaryl/α,β-unsaturated/α-hetero) is 2. The number of fused-ring (bicyclic) bond motifs is 3. The van der Waals surface area contributed by atoms with Crippen molar-refractivity contribution < 1.29 is 39.2 Å². The lowest BCUT2D eigenvalue weighted by molar-refractivity contribution is -0.178. The quantitative estimate of drug-likeness (QED) is 0.307. The number of furan rings is 1. The molecule has 3 aliphatic rings. The summed E-state index contributed by atoms with van der Waals surface area (Å²) in [6, 6.07) is 2.70. The molecule has 0 bridgehead atoms. The van der Waals surface area contributed by atoms with Crippen molar-refractivity contribution >= 4 is 17.5 Å². The van der Waals surface area contributed by atoms with Crippen LogP contribution >= 0.6 is 0 Å². The van der Waals surface area contributed by atoms with Crippen LogP contribution in [0.4, 0.5) is 0 Å². The van der Waals surface area contributed by atoms with Crippen molar-refractivity contribution in [3.05, 3.63) is 52.7 Å². The number of nitrogens with zero attached hydrogens (tertiary/aromatic N) is 2. The number of carbonyl (C=O) groups is 3. The summed E-state index contributed by atoms with van der Waals surface area (Å²) in [7, 11) is 3.26. The maximum atomic E-state index is 14.2. The van der Waals surface area contributed by atoms with Crippen LogP contribution in [0.1, 0.15) is 41.8 Å². The molecule has 11 nitrogen and oxygen atoms in total. The molecule has 0 aliphatic heterocycles. The summed E-state index contributed by atoms with van der Waals surface area (Å²) in [5, 5.41) is 45.9. The molecule has 2 aromatic rings. The third-order valence-electron chi connectivity index (χ3n) is 9.29. The van der Waals surface area contributed by atoms with E-state index < -0.39 is 58.7 Å². The number of hydrogen-bond acceptors (Lipinski definition) is 10. The highest BCUT2D eigenvalue weighted by Gasteiger charge is 2.66. The number of aliphatic hydroxyl groups excluding tert-OH is 2. The standard InChI is InChI=1S/C30H37N3O8/c1-5-33(6-2)12-16-10-17(14-7-8-41-13-14)18-9-15-11-19-23(32(3)4)26(36)22(29(31)39)28(38)30(19,40)27(37)20(15)25(35)21(18)24(16)34/h7-8,10,13,15,19,22-23,26,34,36-37,40H,5-6,9,11-12H2,1-4H3,(H2,31,39)/t15-,19-,22?,23-,26?,30-/m0/s1. The Morgan fingerprint density at radius 1 is 1.20 bits per heavy atom. The molecular weight excluding hydrogens is 530 g/mol. The Morgan fingerprint density at radius 3 is 2.44 bits per heavy atom. The molecule has 0 radical (unpaired) electrons. The second-order valence-electron chi connectivity index (χ2n) is 11.5. The lowest BCUT2D eigenvalue weighted by Crippen LogP contribution is -2.71. The van der Waals surface area contributed by atoms with Crippen molar-refractivity contribution in [2.45, 2.75) is 51.0 Å². The predicted octanol–water partition coefficient (Wildman–Crippen LogP) is 1.39. The van der Waals surface area contributed by atoms with Crippen LogP contribution in [-0.4, -0.2) is 92.6 Å². The Morgan fingerprint density at radius 2 is 1.88 bits per heavy atom. The first-order valence-corrected chi connectivity index (χ1v) is 13.9. The Balaban J connectivity index is 1.72. The van der Waals surface area contributed by atoms with Crippen LogP contribution in [0.2, 0.25) is 0 Å². The third-order valence-corrected chi connectivity index (χ3v) is 9.29. The van der Waals surface area contributed by atoms with Gasteiger partial charge in [0, 0.05) is 35.2 Å². The molecule has 41 heavy (non-hydrogen) atoms. The van der Waals surface area contributed by atoms with Crippen LogP contribution < -0.4 is 5.73 Å². The monoisotopic (exact) mass is 567 g/mol. The average Bonchev–Trinajstić information content (AvgIpc) is 3.45. The highest BCUT2D eigenvalue weighted by Crippen LogP contribution is 2.53. The van der Waals surface area contributed by atoms with E-state index in [1.807, 2.05) is 19.9 Å². The Bertz CT molecular complexity index is 1430. The molecule has 2 unspecified atom stereocenters. The van der Waals surface area contributed by atoms with Crippen LogP contribution in [-0.2, 0) is 22.6 Å². The Kier molecular flexibility index (Phi) is 7.35. The lowest BCUT2D eigenvalue weighted by atomic mass is 9.55. The van der Waals surface area contributed by atoms with Gasteiger partial charge in [0.05, 0.1) is 24.2 Å². The fraction of sp³-hybridized carbons (Fsp3) is 0.500. The highest BCUT2D eigenvalue weighted by molar-refractivity contribution is 6.16. The van der Waals surface area contributed by atoms with Crippen molar-refractivity contribution in [3.8, 4) is 16.9 Å². The number of nitrogens with two attached hydrogens (primary N) is 1. The van der Waals surface area contributed by atoms with Crippen LogP contribution in [0.15, 0.2) is 40.4 Å². The van der Waals surface area contributed by atoms with Gasteiger partial charge in [-0.15, -0.1) is 0 Å². The largest absolute Gasteiger partial charge is 0.508 e. The molecule has 0 saturated heterocycles. The molecule has 1 aromatic carbocycles. The molecule has 0 spiro atoms. The number of aliphatic hydroxyl groups is 3. The maximum absolute atomic E-state index is 14.2. The van der Waals surface area contributed by atoms with E-state index in [-0.39, 0.29) is 29.7 Å². The van der Waals surface area contributed by atoms with Crippen LogP contribution in [0, 0.1) is 17.8 Å². The number of benzene rings is 1. The molecule has 1 fully saturated rings. The first-order valence-electron chi connectivity index (χ1n) is 13.9. The van der Waals surface area contributed by atoms with Gasteiger partial charge in [-0.3, -0.25) is 19.3 Å². The minimum absolute atomic E-state index is 0.00427. The van der Waals surface area contributed by atoms with Gasteiger partial charge in [-0.1, -0.05) is 13.8 Å². The third kappa shape index (κ3) is 4.21. The van der Waals surface area contributed by atoms with Crippen LogP contribution in [0.25, 0.3) is 11.1 Å². The summed E-state index contributed by atoms with van der Waals surface area (Å²) < 4.78 is 5.33. The number of rotatable bonds is 7. The number of phenols is 1. The number of allylic oxidation sites excluding steroid dienone is 1. The molecule has 220 valence electrons. The van der Waals surface area contributed by atoms with Gasteiger partial charge in [0.2, 0.25) is 5.91 Å². The van der Waals surface area contributed by atoms with E-state index in [1.54, 1.807) is 31.3 Å². The summed E-state index contributed by atoms with van der Waals surface area (Å²) in [4.78, 5) is 43.7. The van der Waals surface area contributed by atoms with Gasteiger partial charge in [-0.25, -0.2) is 0 Å². The van der Waals surface area contributed by atoms with E-state index in [2.05, 4.69) is 4.90 Å². The lowest BCUT2D eigenvalue weighted by Gasteiger charge is -2.53. The zero-order chi connectivity index (χ0) is 30.0. The second kappa shape index (κ2) is 10.4. The molecule has 1 aromatic heterocycles. The fourth-order valence-corrected chi connectivity index (χ4v) is 7.21.